The minimum absolute atomic E-state index is 0.153. The van der Waals surface area contributed by atoms with Crippen molar-refractivity contribution in [2.75, 3.05) is 26.2 Å². The first-order chi connectivity index (χ1) is 9.85. The SMILES string of the molecule is NCC1CN(Cc2ccn(-c3ccccc3)n2)CCO1. The summed E-state index contributed by atoms with van der Waals surface area (Å²) in [5.41, 5.74) is 7.83. The van der Waals surface area contributed by atoms with Crippen molar-refractivity contribution in [2.45, 2.75) is 12.6 Å². The number of hydrogen-bond donors (Lipinski definition) is 1. The van der Waals surface area contributed by atoms with Gasteiger partial charge in [-0.1, -0.05) is 18.2 Å². The van der Waals surface area contributed by atoms with Crippen LogP contribution in [0.25, 0.3) is 5.69 Å². The summed E-state index contributed by atoms with van der Waals surface area (Å²) in [5.74, 6) is 0. The molecule has 1 aliphatic rings. The average Bonchev–Trinajstić information content (AvgIpc) is 2.97. The predicted octanol–water partition coefficient (Wildman–Crippen LogP) is 1.03. The molecule has 1 aromatic heterocycles. The highest BCUT2D eigenvalue weighted by atomic mass is 16.5. The van der Waals surface area contributed by atoms with E-state index in [4.69, 9.17) is 10.5 Å². The van der Waals surface area contributed by atoms with Gasteiger partial charge in [0.2, 0.25) is 0 Å². The van der Waals surface area contributed by atoms with Gasteiger partial charge in [-0.15, -0.1) is 0 Å². The molecular weight excluding hydrogens is 252 g/mol. The largest absolute Gasteiger partial charge is 0.374 e. The molecule has 1 unspecified atom stereocenters. The number of benzene rings is 1. The molecule has 0 radical (unpaired) electrons. The van der Waals surface area contributed by atoms with Gasteiger partial charge in [-0.25, -0.2) is 4.68 Å². The smallest absolute Gasteiger partial charge is 0.0824 e. The number of ether oxygens (including phenoxy) is 1. The molecule has 0 saturated carbocycles. The maximum Gasteiger partial charge on any atom is 0.0824 e. The molecule has 3 rings (SSSR count). The molecule has 1 aromatic carbocycles. The van der Waals surface area contributed by atoms with Gasteiger partial charge in [0.05, 0.1) is 24.1 Å². The topological polar surface area (TPSA) is 56.3 Å². The van der Waals surface area contributed by atoms with Crippen molar-refractivity contribution in [3.05, 3.63) is 48.3 Å². The second kappa shape index (κ2) is 6.17. The quantitative estimate of drug-likeness (QED) is 0.903. The van der Waals surface area contributed by atoms with Gasteiger partial charge >= 0.3 is 0 Å². The number of rotatable bonds is 4. The molecule has 1 atom stereocenters. The van der Waals surface area contributed by atoms with Crippen LogP contribution in [-0.4, -0.2) is 47.0 Å². The number of morpholine rings is 1. The van der Waals surface area contributed by atoms with Gasteiger partial charge < -0.3 is 10.5 Å². The molecule has 5 nitrogen and oxygen atoms in total. The first-order valence-electron chi connectivity index (χ1n) is 6.99. The molecular formula is C15H20N4O. The Morgan fingerprint density at radius 2 is 2.10 bits per heavy atom. The maximum atomic E-state index is 5.67. The molecule has 106 valence electrons. The van der Waals surface area contributed by atoms with E-state index in [1.54, 1.807) is 0 Å². The van der Waals surface area contributed by atoms with E-state index in [1.165, 1.54) is 0 Å². The van der Waals surface area contributed by atoms with Crippen LogP contribution in [0.2, 0.25) is 0 Å². The summed E-state index contributed by atoms with van der Waals surface area (Å²) in [5, 5.41) is 4.63. The Morgan fingerprint density at radius 3 is 2.90 bits per heavy atom. The van der Waals surface area contributed by atoms with E-state index in [0.717, 1.165) is 37.6 Å². The molecule has 5 heteroatoms. The van der Waals surface area contributed by atoms with E-state index in [1.807, 2.05) is 29.1 Å². The molecule has 2 heterocycles. The summed E-state index contributed by atoms with van der Waals surface area (Å²) in [6, 6.07) is 12.2. The number of nitrogens with two attached hydrogens (primary N) is 1. The normalized spacial score (nSPS) is 20.1. The second-order valence-corrected chi connectivity index (χ2v) is 5.05. The van der Waals surface area contributed by atoms with Crippen LogP contribution in [0.1, 0.15) is 5.69 Å². The summed E-state index contributed by atoms with van der Waals surface area (Å²) in [6.07, 6.45) is 2.16. The van der Waals surface area contributed by atoms with Crippen molar-refractivity contribution in [2.24, 2.45) is 5.73 Å². The Morgan fingerprint density at radius 1 is 1.25 bits per heavy atom. The van der Waals surface area contributed by atoms with Crippen LogP contribution in [0.5, 0.6) is 0 Å². The zero-order valence-electron chi connectivity index (χ0n) is 11.5. The number of aromatic nitrogens is 2. The van der Waals surface area contributed by atoms with Crippen LogP contribution in [0.15, 0.2) is 42.6 Å². The summed E-state index contributed by atoms with van der Waals surface area (Å²) in [4.78, 5) is 2.35. The number of para-hydroxylation sites is 1. The van der Waals surface area contributed by atoms with Crippen molar-refractivity contribution >= 4 is 0 Å². The van der Waals surface area contributed by atoms with Crippen LogP contribution in [-0.2, 0) is 11.3 Å². The lowest BCUT2D eigenvalue weighted by Crippen LogP contribution is -2.45. The van der Waals surface area contributed by atoms with Crippen molar-refractivity contribution in [3.8, 4) is 5.69 Å². The summed E-state index contributed by atoms with van der Waals surface area (Å²) >= 11 is 0. The van der Waals surface area contributed by atoms with Gasteiger partial charge in [-0.3, -0.25) is 4.90 Å². The fourth-order valence-electron chi connectivity index (χ4n) is 2.47. The minimum atomic E-state index is 0.153. The zero-order chi connectivity index (χ0) is 13.8. The highest BCUT2D eigenvalue weighted by Gasteiger charge is 2.19. The number of nitrogens with zero attached hydrogens (tertiary/aromatic N) is 3. The first-order valence-corrected chi connectivity index (χ1v) is 6.99. The van der Waals surface area contributed by atoms with Gasteiger partial charge in [-0.05, 0) is 18.2 Å². The standard InChI is InChI=1S/C15H20N4O/c16-10-15-12-18(8-9-20-15)11-13-6-7-19(17-13)14-4-2-1-3-5-14/h1-7,15H,8-12,16H2. The monoisotopic (exact) mass is 272 g/mol. The highest BCUT2D eigenvalue weighted by molar-refractivity contribution is 5.30. The molecule has 2 aromatic rings. The van der Waals surface area contributed by atoms with Crippen molar-refractivity contribution in [1.82, 2.24) is 14.7 Å². The molecule has 0 spiro atoms. The molecule has 20 heavy (non-hydrogen) atoms. The van der Waals surface area contributed by atoms with Crippen molar-refractivity contribution < 1.29 is 4.74 Å². The Kier molecular flexibility index (Phi) is 4.11. The third kappa shape index (κ3) is 3.07. The van der Waals surface area contributed by atoms with E-state index < -0.39 is 0 Å². The van der Waals surface area contributed by atoms with Gasteiger partial charge in [-0.2, -0.15) is 5.10 Å². The lowest BCUT2D eigenvalue weighted by atomic mass is 10.2. The molecule has 1 saturated heterocycles. The molecule has 0 aliphatic carbocycles. The third-order valence-corrected chi connectivity index (χ3v) is 3.54. The van der Waals surface area contributed by atoms with Crippen LogP contribution in [0.3, 0.4) is 0 Å². The fourth-order valence-corrected chi connectivity index (χ4v) is 2.47. The first kappa shape index (κ1) is 13.3. The maximum absolute atomic E-state index is 5.67. The molecule has 0 bridgehead atoms. The van der Waals surface area contributed by atoms with E-state index in [-0.39, 0.29) is 6.10 Å². The summed E-state index contributed by atoms with van der Waals surface area (Å²) in [7, 11) is 0. The van der Waals surface area contributed by atoms with Gasteiger partial charge in [0.1, 0.15) is 0 Å². The summed E-state index contributed by atoms with van der Waals surface area (Å²) in [6.45, 7) is 4.00. The Hall–Kier alpha value is -1.69. The van der Waals surface area contributed by atoms with Crippen LogP contribution in [0.4, 0.5) is 0 Å². The minimum Gasteiger partial charge on any atom is -0.374 e. The predicted molar refractivity (Wildman–Crippen MR) is 77.6 cm³/mol. The zero-order valence-corrected chi connectivity index (χ0v) is 11.5. The van der Waals surface area contributed by atoms with Gasteiger partial charge in [0.15, 0.2) is 0 Å². The number of hydrogen-bond acceptors (Lipinski definition) is 4. The second-order valence-electron chi connectivity index (χ2n) is 5.05. The van der Waals surface area contributed by atoms with Crippen LogP contribution in [0, 0.1) is 0 Å². The fraction of sp³-hybridized carbons (Fsp3) is 0.400. The van der Waals surface area contributed by atoms with E-state index >= 15 is 0 Å². The Balaban J connectivity index is 1.65. The molecule has 1 aliphatic heterocycles. The molecule has 0 amide bonds. The van der Waals surface area contributed by atoms with Crippen LogP contribution < -0.4 is 5.73 Å². The highest BCUT2D eigenvalue weighted by Crippen LogP contribution is 2.11. The van der Waals surface area contributed by atoms with E-state index in [2.05, 4.69) is 28.2 Å². The lowest BCUT2D eigenvalue weighted by Gasteiger charge is -2.31. The van der Waals surface area contributed by atoms with Gasteiger partial charge in [0.25, 0.3) is 0 Å². The average molecular weight is 272 g/mol. The van der Waals surface area contributed by atoms with Crippen molar-refractivity contribution in [1.29, 1.82) is 0 Å². The third-order valence-electron chi connectivity index (χ3n) is 3.54. The van der Waals surface area contributed by atoms with E-state index in [0.29, 0.717) is 6.54 Å². The van der Waals surface area contributed by atoms with Gasteiger partial charge in [0, 0.05) is 32.4 Å². The Bertz CT molecular complexity index is 540. The van der Waals surface area contributed by atoms with E-state index in [9.17, 15) is 0 Å². The molecule has 1 fully saturated rings. The molecule has 2 N–H and O–H groups in total. The van der Waals surface area contributed by atoms with Crippen molar-refractivity contribution in [3.63, 3.8) is 0 Å². The summed E-state index contributed by atoms with van der Waals surface area (Å²) < 4.78 is 7.49. The Labute approximate surface area is 118 Å². The van der Waals surface area contributed by atoms with Crippen LogP contribution >= 0.6 is 0 Å². The lowest BCUT2D eigenvalue weighted by molar-refractivity contribution is -0.0264.